The fourth-order valence-electron chi connectivity index (χ4n) is 4.71. The quantitative estimate of drug-likeness (QED) is 0.350. The van der Waals surface area contributed by atoms with Crippen molar-refractivity contribution in [2.75, 3.05) is 5.73 Å². The predicted octanol–water partition coefficient (Wildman–Crippen LogP) is 4.02. The largest absolute Gasteiger partial charge is 0.317 e. The molecule has 3 aromatic heterocycles. The molecule has 0 aliphatic heterocycles. The Labute approximate surface area is 196 Å². The van der Waals surface area contributed by atoms with Crippen LogP contribution in [0.15, 0.2) is 63.2 Å². The summed E-state index contributed by atoms with van der Waals surface area (Å²) in [6.45, 7) is 1.89. The zero-order chi connectivity index (χ0) is 23.3. The molecule has 5 rings (SSSR count). The van der Waals surface area contributed by atoms with Crippen LogP contribution in [0.5, 0.6) is 0 Å². The number of nitrogens with two attached hydrogens (primary N) is 1. The van der Waals surface area contributed by atoms with Crippen LogP contribution in [-0.2, 0) is 9.84 Å². The molecule has 4 aromatic rings. The van der Waals surface area contributed by atoms with Crippen LogP contribution >= 0.6 is 11.6 Å². The highest BCUT2D eigenvalue weighted by molar-refractivity contribution is 7.91. The lowest BCUT2D eigenvalue weighted by molar-refractivity contribution is -0.690. The van der Waals surface area contributed by atoms with Crippen LogP contribution in [0.2, 0.25) is 5.02 Å². The molecule has 3 heterocycles. The average molecular weight is 484 g/mol. The molecule has 0 spiro atoms. The van der Waals surface area contributed by atoms with E-state index >= 15 is 0 Å². The van der Waals surface area contributed by atoms with E-state index in [1.807, 2.05) is 13.0 Å². The molecule has 2 N–H and O–H groups in total. The molecule has 1 aliphatic carbocycles. The summed E-state index contributed by atoms with van der Waals surface area (Å²) in [6.07, 6.45) is 6.49. The third-order valence-electron chi connectivity index (χ3n) is 6.43. The normalized spacial score (nSPS) is 15.3. The number of rotatable bonds is 3. The summed E-state index contributed by atoms with van der Waals surface area (Å²) in [5.41, 5.74) is 8.06. The van der Waals surface area contributed by atoms with E-state index in [2.05, 4.69) is 0 Å². The van der Waals surface area contributed by atoms with Crippen molar-refractivity contribution in [3.8, 4) is 0 Å². The summed E-state index contributed by atoms with van der Waals surface area (Å²) in [5.74, 6) is 0.106. The highest BCUT2D eigenvalue weighted by atomic mass is 35.5. The van der Waals surface area contributed by atoms with Crippen LogP contribution in [-0.4, -0.2) is 17.8 Å². The topological polar surface area (TPSA) is 98.4 Å². The molecule has 9 heteroatoms. The van der Waals surface area contributed by atoms with Crippen molar-refractivity contribution in [2.24, 2.45) is 0 Å². The predicted molar refractivity (Wildman–Crippen MR) is 127 cm³/mol. The van der Waals surface area contributed by atoms with Gasteiger partial charge in [-0.25, -0.2) is 13.0 Å². The number of halogens is 1. The SMILES string of the molecule is Cc1cccn2c(=O)c3cc(S(=O)(=O)c4ccc(Cl)cc4)c(N)[n+](C4CCCCC4)c3nc12. The van der Waals surface area contributed by atoms with Gasteiger partial charge in [0.15, 0.2) is 0 Å². The highest BCUT2D eigenvalue weighted by Gasteiger charge is 2.33. The van der Waals surface area contributed by atoms with E-state index < -0.39 is 9.84 Å². The van der Waals surface area contributed by atoms with Crippen LogP contribution < -0.4 is 15.9 Å². The van der Waals surface area contributed by atoms with E-state index in [9.17, 15) is 13.2 Å². The summed E-state index contributed by atoms with van der Waals surface area (Å²) < 4.78 is 30.5. The zero-order valence-corrected chi connectivity index (χ0v) is 19.7. The third kappa shape index (κ3) is 3.57. The van der Waals surface area contributed by atoms with Gasteiger partial charge in [0.1, 0.15) is 10.3 Å². The fraction of sp³-hybridized carbons (Fsp3) is 0.292. The Bertz CT molecular complexity index is 1560. The van der Waals surface area contributed by atoms with Crippen LogP contribution in [0.4, 0.5) is 5.82 Å². The minimum absolute atomic E-state index is 0.0278. The van der Waals surface area contributed by atoms with Gasteiger partial charge in [-0.3, -0.25) is 9.20 Å². The maximum Gasteiger partial charge on any atom is 0.278 e. The summed E-state index contributed by atoms with van der Waals surface area (Å²) in [5, 5.41) is 0.660. The summed E-state index contributed by atoms with van der Waals surface area (Å²) in [4.78, 5) is 18.3. The van der Waals surface area contributed by atoms with Crippen LogP contribution in [0.25, 0.3) is 16.7 Å². The lowest BCUT2D eigenvalue weighted by Gasteiger charge is -2.24. The Hall–Kier alpha value is -2.97. The van der Waals surface area contributed by atoms with E-state index in [1.54, 1.807) is 16.8 Å². The Morgan fingerprint density at radius 3 is 2.52 bits per heavy atom. The lowest BCUT2D eigenvalue weighted by Crippen LogP contribution is -2.46. The molecule has 33 heavy (non-hydrogen) atoms. The molecule has 0 amide bonds. The number of hydrogen-bond acceptors (Lipinski definition) is 5. The number of anilines is 1. The molecule has 170 valence electrons. The first-order valence-corrected chi connectivity index (χ1v) is 12.8. The van der Waals surface area contributed by atoms with Gasteiger partial charge in [0, 0.05) is 16.8 Å². The van der Waals surface area contributed by atoms with Crippen molar-refractivity contribution in [2.45, 2.75) is 54.9 Å². The van der Waals surface area contributed by atoms with Gasteiger partial charge in [-0.1, -0.05) is 29.1 Å². The molecule has 0 unspecified atom stereocenters. The number of hydrogen-bond donors (Lipinski definition) is 1. The van der Waals surface area contributed by atoms with Crippen molar-refractivity contribution < 1.29 is 13.0 Å². The number of aromatic nitrogens is 3. The summed E-state index contributed by atoms with van der Waals surface area (Å²) in [6, 6.07) is 10.9. The average Bonchev–Trinajstić information content (AvgIpc) is 2.80. The minimum Gasteiger partial charge on any atom is -0.317 e. The Morgan fingerprint density at radius 2 is 1.82 bits per heavy atom. The van der Waals surface area contributed by atoms with E-state index in [-0.39, 0.29) is 32.6 Å². The van der Waals surface area contributed by atoms with E-state index in [4.69, 9.17) is 22.3 Å². The van der Waals surface area contributed by atoms with Gasteiger partial charge in [0.25, 0.3) is 11.2 Å². The van der Waals surface area contributed by atoms with Crippen molar-refractivity contribution in [1.82, 2.24) is 9.38 Å². The molecule has 7 nitrogen and oxygen atoms in total. The number of benzene rings is 1. The molecule has 1 aromatic carbocycles. The van der Waals surface area contributed by atoms with Gasteiger partial charge >= 0.3 is 0 Å². The van der Waals surface area contributed by atoms with Crippen LogP contribution in [0.1, 0.15) is 43.7 Å². The number of fused-ring (bicyclic) bond motifs is 2. The molecule has 1 fully saturated rings. The number of pyridine rings is 2. The monoisotopic (exact) mass is 483 g/mol. The van der Waals surface area contributed by atoms with Crippen molar-refractivity contribution in [1.29, 1.82) is 0 Å². The standard InChI is InChI=1S/C24H23ClN4O3S/c1-15-6-5-13-28-22(15)27-23-19(24(28)30)14-20(21(26)29(23)17-7-3-2-4-8-17)33(31,32)18-11-9-16(25)10-12-18/h5-6,9-14,17,26H,2-4,7-8H2,1H3/p+1. The maximum absolute atomic E-state index is 13.6. The molecule has 0 atom stereocenters. The number of nitrogens with zero attached hydrogens (tertiary/aromatic N) is 3. The number of nitrogen functional groups attached to an aromatic ring is 1. The zero-order valence-electron chi connectivity index (χ0n) is 18.2. The maximum atomic E-state index is 13.6. The first-order chi connectivity index (χ1) is 15.8. The van der Waals surface area contributed by atoms with Crippen LogP contribution in [0.3, 0.4) is 0 Å². The smallest absolute Gasteiger partial charge is 0.278 e. The minimum atomic E-state index is -4.00. The summed E-state index contributed by atoms with van der Waals surface area (Å²) >= 11 is 5.96. The Kier molecular flexibility index (Phi) is 5.37. The first-order valence-electron chi connectivity index (χ1n) is 11.0. The second-order valence-corrected chi connectivity index (χ2v) is 10.9. The van der Waals surface area contributed by atoms with E-state index in [1.165, 1.54) is 34.7 Å². The van der Waals surface area contributed by atoms with Crippen molar-refractivity contribution >= 4 is 43.9 Å². The molecule has 1 saturated carbocycles. The lowest BCUT2D eigenvalue weighted by atomic mass is 9.95. The van der Waals surface area contributed by atoms with E-state index in [0.29, 0.717) is 16.3 Å². The molecule has 0 radical (unpaired) electrons. The molecular formula is C24H24ClN4O3S+. The number of aryl methyl sites for hydroxylation is 1. The second-order valence-electron chi connectivity index (χ2n) is 8.55. The third-order valence-corrected chi connectivity index (χ3v) is 8.48. The molecular weight excluding hydrogens is 460 g/mol. The van der Waals surface area contributed by atoms with Gasteiger partial charge < -0.3 is 5.73 Å². The van der Waals surface area contributed by atoms with Gasteiger partial charge in [0.2, 0.25) is 21.3 Å². The molecule has 0 saturated heterocycles. The van der Waals surface area contributed by atoms with Gasteiger partial charge in [-0.2, -0.15) is 0 Å². The number of sulfone groups is 1. The highest BCUT2D eigenvalue weighted by Crippen LogP contribution is 2.31. The first kappa shape index (κ1) is 21.9. The Balaban J connectivity index is 1.89. The Morgan fingerprint density at radius 1 is 1.12 bits per heavy atom. The van der Waals surface area contributed by atoms with Crippen LogP contribution in [0, 0.1) is 6.92 Å². The summed E-state index contributed by atoms with van der Waals surface area (Å²) in [7, 11) is -4.00. The second kappa shape index (κ2) is 8.11. The van der Waals surface area contributed by atoms with Crippen molar-refractivity contribution in [3.63, 3.8) is 0 Å². The van der Waals surface area contributed by atoms with Gasteiger partial charge in [0.05, 0.1) is 10.9 Å². The fourth-order valence-corrected chi connectivity index (χ4v) is 6.23. The van der Waals surface area contributed by atoms with E-state index in [0.717, 1.165) is 37.7 Å². The molecule has 0 bridgehead atoms. The van der Waals surface area contributed by atoms with Gasteiger partial charge in [-0.15, -0.1) is 0 Å². The van der Waals surface area contributed by atoms with Crippen molar-refractivity contribution in [3.05, 3.63) is 69.6 Å². The van der Waals surface area contributed by atoms with Gasteiger partial charge in [-0.05, 0) is 69.0 Å². The molecule has 1 aliphatic rings.